The summed E-state index contributed by atoms with van der Waals surface area (Å²) in [4.78, 5) is 8.56. The predicted molar refractivity (Wildman–Crippen MR) is 23.8 cm³/mol. The van der Waals surface area contributed by atoms with Crippen LogP contribution < -0.4 is 41.2 Å². The Kier molecular flexibility index (Phi) is 82.4. The third-order valence-corrected chi connectivity index (χ3v) is 0. The van der Waals surface area contributed by atoms with Crippen LogP contribution in [0.5, 0.6) is 0 Å². The Hall–Kier alpha value is 0.150. The minimum Gasteiger partial charge on any atom is -1.00 e. The zero-order chi connectivity index (χ0) is 5.58. The number of hydrazine groups is 1. The van der Waals surface area contributed by atoms with Gasteiger partial charge >= 0.3 is 35.7 Å². The van der Waals surface area contributed by atoms with Crippen LogP contribution in [0.25, 0.3) is 0 Å². The molecule has 0 aromatic carbocycles. The van der Waals surface area contributed by atoms with E-state index in [0.717, 1.165) is 0 Å². The Labute approximate surface area is 69.5 Å². The maximum Gasteiger partial charge on any atom is 1.00 e. The van der Waals surface area contributed by atoms with E-state index in [1.807, 2.05) is 0 Å². The van der Waals surface area contributed by atoms with Gasteiger partial charge in [0.15, 0.2) is 0 Å². The van der Waals surface area contributed by atoms with Crippen LogP contribution in [0.1, 0.15) is 1.43 Å². The van der Waals surface area contributed by atoms with E-state index in [4.69, 9.17) is 15.0 Å². The van der Waals surface area contributed by atoms with E-state index in [1.165, 1.54) is 0 Å². The molecule has 0 aromatic rings. The minimum atomic E-state index is -1.83. The molecule has 0 radical (unpaired) electrons. The summed E-state index contributed by atoms with van der Waals surface area (Å²) < 4.78 is 0. The molecule has 7 heteroatoms. The molecule has 8 heavy (non-hydrogen) atoms. The summed E-state index contributed by atoms with van der Waals surface area (Å²) in [6.45, 7) is 0. The van der Waals surface area contributed by atoms with E-state index < -0.39 is 6.16 Å². The molecule has 8 N–H and O–H groups in total. The second kappa shape index (κ2) is 27.3. The van der Waals surface area contributed by atoms with E-state index in [0.29, 0.717) is 0 Å². The van der Waals surface area contributed by atoms with E-state index >= 15 is 0 Å². The van der Waals surface area contributed by atoms with Crippen LogP contribution in [0, 0.1) is 0 Å². The van der Waals surface area contributed by atoms with E-state index in [9.17, 15) is 0 Å². The van der Waals surface area contributed by atoms with Crippen molar-refractivity contribution in [2.24, 2.45) is 11.7 Å². The molecule has 0 amide bonds. The van der Waals surface area contributed by atoms with Gasteiger partial charge in [-0.05, 0) is 0 Å². The molecule has 0 spiro atoms. The van der Waals surface area contributed by atoms with Crippen molar-refractivity contribution in [3.63, 3.8) is 0 Å². The van der Waals surface area contributed by atoms with Crippen LogP contribution in [0.2, 0.25) is 0 Å². The summed E-state index contributed by atoms with van der Waals surface area (Å²) in [6.07, 6.45) is -1.83. The van der Waals surface area contributed by atoms with Crippen molar-refractivity contribution < 1.29 is 51.5 Å². The van der Waals surface area contributed by atoms with Crippen molar-refractivity contribution in [3.8, 4) is 0 Å². The molecule has 0 atom stereocenters. The van der Waals surface area contributed by atoms with Gasteiger partial charge in [0, 0.05) is 0 Å². The largest absolute Gasteiger partial charge is 1.00 e. The maximum atomic E-state index is 8.56. The van der Waals surface area contributed by atoms with Gasteiger partial charge in [0.25, 0.3) is 0 Å². The number of hydrogen-bond donors (Lipinski definition) is 4. The zero-order valence-corrected chi connectivity index (χ0v) is 6.46. The van der Waals surface area contributed by atoms with Gasteiger partial charge in [-0.3, -0.25) is 11.7 Å². The first-order valence-electron chi connectivity index (χ1n) is 0.985. The first-order valence-corrected chi connectivity index (χ1v) is 0.985. The molecule has 0 saturated heterocycles. The molecule has 0 aliphatic rings. The van der Waals surface area contributed by atoms with Crippen LogP contribution in [-0.4, -0.2) is 21.8 Å². The van der Waals surface area contributed by atoms with Gasteiger partial charge < -0.3 is 17.1 Å². The van der Waals surface area contributed by atoms with Gasteiger partial charge in [-0.1, -0.05) is 0 Å². The number of carbonyl (C=O) groups is 1. The SMILES string of the molecule is NN.O.O=C(O)O.[H-].[Na+]. The van der Waals surface area contributed by atoms with Crippen molar-refractivity contribution in [1.29, 1.82) is 0 Å². The fourth-order valence-electron chi connectivity index (χ4n) is 0. The molecule has 0 aliphatic carbocycles. The van der Waals surface area contributed by atoms with Crippen molar-refractivity contribution in [1.82, 2.24) is 0 Å². The van der Waals surface area contributed by atoms with Crippen molar-refractivity contribution in [3.05, 3.63) is 0 Å². The van der Waals surface area contributed by atoms with Gasteiger partial charge in [0.1, 0.15) is 0 Å². The van der Waals surface area contributed by atoms with E-state index in [1.54, 1.807) is 0 Å². The zero-order valence-electron chi connectivity index (χ0n) is 5.46. The Morgan fingerprint density at radius 3 is 1.38 bits per heavy atom. The standard InChI is InChI=1S/CH2O3.H4N2.Na.H2O.H/c2-1(3)4;1-2;;;/h(H2,2,3,4);1-2H2;;1H2;/q;;+1;;-1. The second-order valence-electron chi connectivity index (χ2n) is 0.283. The second-order valence-corrected chi connectivity index (χ2v) is 0.283. The minimum absolute atomic E-state index is 0. The summed E-state index contributed by atoms with van der Waals surface area (Å²) in [5.74, 6) is 8.00. The molecule has 6 nitrogen and oxygen atoms in total. The summed E-state index contributed by atoms with van der Waals surface area (Å²) in [7, 11) is 0. The average molecular weight is 136 g/mol. The molecule has 0 rings (SSSR count). The van der Waals surface area contributed by atoms with Gasteiger partial charge in [-0.2, -0.15) is 0 Å². The van der Waals surface area contributed by atoms with E-state index in [2.05, 4.69) is 11.7 Å². The Morgan fingerprint density at radius 2 is 1.38 bits per heavy atom. The van der Waals surface area contributed by atoms with Crippen LogP contribution in [0.15, 0.2) is 0 Å². The molecular weight excluding hydrogens is 127 g/mol. The summed E-state index contributed by atoms with van der Waals surface area (Å²) >= 11 is 0. The normalized spacial score (nSPS) is 3.75. The summed E-state index contributed by atoms with van der Waals surface area (Å²) in [6, 6.07) is 0. The van der Waals surface area contributed by atoms with E-state index in [-0.39, 0.29) is 36.5 Å². The van der Waals surface area contributed by atoms with Gasteiger partial charge in [0.2, 0.25) is 0 Å². The van der Waals surface area contributed by atoms with Crippen molar-refractivity contribution in [2.45, 2.75) is 0 Å². The first-order chi connectivity index (χ1) is 2.73. The Bertz CT molecular complexity index is 41.5. The monoisotopic (exact) mass is 136 g/mol. The van der Waals surface area contributed by atoms with Crippen LogP contribution in [0.4, 0.5) is 4.79 Å². The topological polar surface area (TPSA) is 141 Å². The Balaban J connectivity index is -0.00000000990. The molecular formula is CH9N2NaO4. The molecule has 0 fully saturated rings. The fourth-order valence-corrected chi connectivity index (χ4v) is 0. The average Bonchev–Trinajstić information content (AvgIpc) is 1.41. The quantitative estimate of drug-likeness (QED) is 0.150. The number of hydrogen-bond acceptors (Lipinski definition) is 3. The molecule has 0 unspecified atom stereocenters. The molecule has 0 heterocycles. The first kappa shape index (κ1) is 24.2. The van der Waals surface area contributed by atoms with Gasteiger partial charge in [-0.25, -0.2) is 4.79 Å². The van der Waals surface area contributed by atoms with Crippen molar-refractivity contribution in [2.75, 3.05) is 0 Å². The molecule has 0 bridgehead atoms. The van der Waals surface area contributed by atoms with Crippen LogP contribution in [0.3, 0.4) is 0 Å². The van der Waals surface area contributed by atoms with Crippen LogP contribution >= 0.6 is 0 Å². The molecule has 0 saturated carbocycles. The van der Waals surface area contributed by atoms with Gasteiger partial charge in [0.05, 0.1) is 0 Å². The molecule has 48 valence electrons. The van der Waals surface area contributed by atoms with Gasteiger partial charge in [-0.15, -0.1) is 0 Å². The predicted octanol–water partition coefficient (Wildman–Crippen LogP) is -4.67. The maximum absolute atomic E-state index is 8.56. The Morgan fingerprint density at radius 1 is 1.38 bits per heavy atom. The fraction of sp³-hybridized carbons (Fsp3) is 0. The summed E-state index contributed by atoms with van der Waals surface area (Å²) in [5, 5.41) is 13.9. The molecule has 0 aliphatic heterocycles. The molecule has 0 aromatic heterocycles. The third kappa shape index (κ3) is 7250. The van der Waals surface area contributed by atoms with Crippen molar-refractivity contribution >= 4 is 6.16 Å². The number of nitrogens with two attached hydrogens (primary N) is 2. The smallest absolute Gasteiger partial charge is 1.00 e. The number of carboxylic acid groups (broad SMARTS) is 2. The number of rotatable bonds is 0. The summed E-state index contributed by atoms with van der Waals surface area (Å²) in [5.41, 5.74) is 0. The third-order valence-electron chi connectivity index (χ3n) is 0. The van der Waals surface area contributed by atoms with Crippen LogP contribution in [-0.2, 0) is 0 Å².